The molecule has 0 saturated heterocycles. The van der Waals surface area contributed by atoms with Gasteiger partial charge in [0.05, 0.1) is 0 Å². The van der Waals surface area contributed by atoms with Crippen LogP contribution >= 0.6 is 0 Å². The zero-order valence-corrected chi connectivity index (χ0v) is 7.40. The molecule has 0 radical (unpaired) electrons. The first-order valence-electron chi connectivity index (χ1n) is 4.80. The first kappa shape index (κ1) is 8.69. The van der Waals surface area contributed by atoms with Gasteiger partial charge in [0, 0.05) is 0 Å². The van der Waals surface area contributed by atoms with Gasteiger partial charge in [0.25, 0.3) is 0 Å². The summed E-state index contributed by atoms with van der Waals surface area (Å²) in [5.74, 6) is 1.04. The van der Waals surface area contributed by atoms with Gasteiger partial charge in [0.2, 0.25) is 0 Å². The van der Waals surface area contributed by atoms with Crippen molar-refractivity contribution in [1.82, 2.24) is 0 Å². The molecule has 54 valence electrons. The molecule has 10 heavy (non-hydrogen) atoms. The molecule has 1 rings (SSSR count). The van der Waals surface area contributed by atoms with Crippen LogP contribution in [0.2, 0.25) is 4.59 Å². The number of rotatable bonds is 1. The predicted octanol–water partition coefficient (Wildman–Crippen LogP) is 2.93. The Labute approximate surface area is 74.0 Å². The second-order valence-electron chi connectivity index (χ2n) is 4.00. The van der Waals surface area contributed by atoms with Crippen molar-refractivity contribution in [1.29, 1.82) is 0 Å². The maximum atomic E-state index is 2.37. The summed E-state index contributed by atoms with van der Waals surface area (Å²) in [6, 6.07) is 0. The van der Waals surface area contributed by atoms with Crippen molar-refractivity contribution >= 4 is 17.7 Å². The van der Waals surface area contributed by atoms with Crippen molar-refractivity contribution in [3.8, 4) is 0 Å². The van der Waals surface area contributed by atoms with Crippen LogP contribution in [0.5, 0.6) is 0 Å². The number of hydrogen-bond donors (Lipinski definition) is 0. The third-order valence-electron chi connectivity index (χ3n) is 2.84. The van der Waals surface area contributed by atoms with Crippen LogP contribution in [0, 0.1) is 5.92 Å². The Bertz CT molecular complexity index is 80.7. The van der Waals surface area contributed by atoms with E-state index in [-0.39, 0.29) is 0 Å². The van der Waals surface area contributed by atoms with Gasteiger partial charge in [-0.3, -0.25) is 0 Å². The van der Waals surface area contributed by atoms with Crippen molar-refractivity contribution in [2.24, 2.45) is 5.92 Å². The zero-order chi connectivity index (χ0) is 7.40. The summed E-state index contributed by atoms with van der Waals surface area (Å²) in [6.07, 6.45) is 8.95. The molecular weight excluding hydrogens is 115 g/mol. The molecule has 1 aliphatic carbocycles. The van der Waals surface area contributed by atoms with Crippen LogP contribution in [-0.2, 0) is 0 Å². The van der Waals surface area contributed by atoms with Gasteiger partial charge in [-0.2, -0.15) is 0 Å². The second-order valence-corrected chi connectivity index (χ2v) is 4.00. The molecule has 1 unspecified atom stereocenters. The van der Waals surface area contributed by atoms with Crippen LogP contribution < -0.4 is 0 Å². The predicted molar refractivity (Wildman–Crippen MR) is 46.4 cm³/mol. The molecule has 1 saturated carbocycles. The summed E-state index contributed by atoms with van der Waals surface area (Å²) >= 11 is 2.37. The normalized spacial score (nSPS) is 25.9. The molecule has 0 bridgehead atoms. The van der Waals surface area contributed by atoms with E-state index in [0.29, 0.717) is 0 Å². The van der Waals surface area contributed by atoms with Crippen LogP contribution in [0.4, 0.5) is 0 Å². The minimum atomic E-state index is 0.929. The monoisotopic (exact) mass is 132 g/mol. The van der Waals surface area contributed by atoms with Gasteiger partial charge in [0.15, 0.2) is 0 Å². The molecule has 0 spiro atoms. The van der Waals surface area contributed by atoms with E-state index in [0.717, 1.165) is 10.5 Å². The summed E-state index contributed by atoms with van der Waals surface area (Å²) in [6.45, 7) is 2.37. The molecule has 1 aliphatic rings. The van der Waals surface area contributed by atoms with E-state index in [9.17, 15) is 0 Å². The fourth-order valence-electron chi connectivity index (χ4n) is 1.98. The summed E-state index contributed by atoms with van der Waals surface area (Å²) in [7, 11) is 0. The third kappa shape index (κ3) is 2.68. The van der Waals surface area contributed by atoms with Crippen LogP contribution in [0.25, 0.3) is 0 Å². The fraction of sp³-hybridized carbons (Fsp3) is 1.00. The van der Waals surface area contributed by atoms with Crippen molar-refractivity contribution in [2.45, 2.75) is 50.0 Å². The average Bonchev–Trinajstić information content (AvgIpc) is 2.12. The van der Waals surface area contributed by atoms with Crippen LogP contribution in [-0.4, -0.2) is 17.7 Å². The van der Waals surface area contributed by atoms with E-state index >= 15 is 0 Å². The Balaban J connectivity index is 2.28. The third-order valence-corrected chi connectivity index (χ3v) is 2.84. The summed E-state index contributed by atoms with van der Waals surface area (Å²) in [5.41, 5.74) is 0. The summed E-state index contributed by atoms with van der Waals surface area (Å²) < 4.78 is 0.929. The molecule has 1 fully saturated rings. The fourth-order valence-corrected chi connectivity index (χ4v) is 1.98. The molecule has 0 aromatic rings. The Morgan fingerprint density at radius 2 is 1.60 bits per heavy atom. The second kappa shape index (κ2) is 4.47. The SMILES string of the molecule is [Li][CH](C)C1CCCCCC1. The van der Waals surface area contributed by atoms with E-state index < -0.39 is 0 Å². The van der Waals surface area contributed by atoms with Gasteiger partial charge in [0.1, 0.15) is 0 Å². The van der Waals surface area contributed by atoms with E-state index in [1.165, 1.54) is 38.5 Å². The Hall–Kier alpha value is 0.597. The van der Waals surface area contributed by atoms with Gasteiger partial charge >= 0.3 is 73.7 Å². The first-order chi connectivity index (χ1) is 4.80. The van der Waals surface area contributed by atoms with E-state index in [4.69, 9.17) is 0 Å². The van der Waals surface area contributed by atoms with Crippen molar-refractivity contribution in [3.05, 3.63) is 0 Å². The van der Waals surface area contributed by atoms with Crippen LogP contribution in [0.1, 0.15) is 45.4 Å². The molecule has 0 amide bonds. The zero-order valence-electron chi connectivity index (χ0n) is 7.40. The quantitative estimate of drug-likeness (QED) is 0.380. The molecule has 0 N–H and O–H groups in total. The van der Waals surface area contributed by atoms with Crippen molar-refractivity contribution in [2.75, 3.05) is 0 Å². The van der Waals surface area contributed by atoms with Crippen molar-refractivity contribution < 1.29 is 0 Å². The van der Waals surface area contributed by atoms with Crippen LogP contribution in [0.3, 0.4) is 0 Å². The Morgan fingerprint density at radius 1 is 1.10 bits per heavy atom. The molecule has 1 heteroatoms. The molecule has 0 aromatic heterocycles. The van der Waals surface area contributed by atoms with Gasteiger partial charge in [-0.15, -0.1) is 0 Å². The van der Waals surface area contributed by atoms with E-state index in [1.54, 1.807) is 0 Å². The minimum absolute atomic E-state index is 0.929. The molecular formula is C9H17Li. The van der Waals surface area contributed by atoms with Gasteiger partial charge in [-0.05, 0) is 0 Å². The standard InChI is InChI=1S/C9H17.Li/c1-2-9-7-5-3-4-6-8-9;/h2,9H,3-8H2,1H3;. The van der Waals surface area contributed by atoms with Gasteiger partial charge in [-0.25, -0.2) is 0 Å². The Morgan fingerprint density at radius 3 is 2.00 bits per heavy atom. The maximum absolute atomic E-state index is 2.37. The molecule has 0 nitrogen and oxygen atoms in total. The number of hydrogen-bond acceptors (Lipinski definition) is 0. The summed E-state index contributed by atoms with van der Waals surface area (Å²) in [4.78, 5) is 0. The van der Waals surface area contributed by atoms with E-state index in [2.05, 4.69) is 24.6 Å². The van der Waals surface area contributed by atoms with Gasteiger partial charge in [-0.1, -0.05) is 0 Å². The summed E-state index contributed by atoms with van der Waals surface area (Å²) in [5, 5.41) is 0. The molecule has 0 aliphatic heterocycles. The molecule has 0 heterocycles. The average molecular weight is 132 g/mol. The Kier molecular flexibility index (Phi) is 3.89. The first-order valence-corrected chi connectivity index (χ1v) is 4.80. The molecule has 1 atom stereocenters. The molecule has 0 aromatic carbocycles. The van der Waals surface area contributed by atoms with Crippen LogP contribution in [0.15, 0.2) is 0 Å². The topological polar surface area (TPSA) is 0 Å². The van der Waals surface area contributed by atoms with E-state index in [1.807, 2.05) is 0 Å². The van der Waals surface area contributed by atoms with Gasteiger partial charge < -0.3 is 0 Å². The van der Waals surface area contributed by atoms with Crippen molar-refractivity contribution in [3.63, 3.8) is 0 Å².